The van der Waals surface area contributed by atoms with Crippen molar-refractivity contribution in [1.82, 2.24) is 0 Å². The first kappa shape index (κ1) is 15.9. The zero-order valence-electron chi connectivity index (χ0n) is 12.6. The Morgan fingerprint density at radius 1 is 1.23 bits per heavy atom. The van der Waals surface area contributed by atoms with Crippen molar-refractivity contribution in [2.75, 3.05) is 20.3 Å². The van der Waals surface area contributed by atoms with Crippen LogP contribution in [0.15, 0.2) is 33.5 Å². The number of ether oxygens (including phenoxy) is 3. The zero-order chi connectivity index (χ0) is 15.9. The van der Waals surface area contributed by atoms with E-state index in [2.05, 4.69) is 0 Å². The molecule has 2 aromatic rings. The number of fused-ring (bicyclic) bond motifs is 1. The summed E-state index contributed by atoms with van der Waals surface area (Å²) >= 11 is 0. The third-order valence-electron chi connectivity index (χ3n) is 2.99. The molecule has 0 aliphatic carbocycles. The average Bonchev–Trinajstić information content (AvgIpc) is 2.51. The van der Waals surface area contributed by atoms with Gasteiger partial charge in [0.2, 0.25) is 0 Å². The third-order valence-corrected chi connectivity index (χ3v) is 2.99. The lowest BCUT2D eigenvalue weighted by molar-refractivity contribution is -0.143. The summed E-state index contributed by atoms with van der Waals surface area (Å²) < 4.78 is 20.8. The monoisotopic (exact) mass is 306 g/mol. The molecule has 2 rings (SSSR count). The highest BCUT2D eigenvalue weighted by Gasteiger charge is 2.09. The molecule has 1 heterocycles. The van der Waals surface area contributed by atoms with Crippen LogP contribution in [0.25, 0.3) is 11.0 Å². The molecule has 1 aromatic heterocycles. The fourth-order valence-electron chi connectivity index (χ4n) is 1.98. The Kier molecular flexibility index (Phi) is 5.41. The van der Waals surface area contributed by atoms with Crippen molar-refractivity contribution in [1.29, 1.82) is 0 Å². The number of benzene rings is 1. The van der Waals surface area contributed by atoms with Gasteiger partial charge in [0, 0.05) is 23.9 Å². The summed E-state index contributed by atoms with van der Waals surface area (Å²) in [6.07, 6.45) is 0.850. The first-order chi connectivity index (χ1) is 10.6. The minimum absolute atomic E-state index is 0.238. The largest absolute Gasteiger partial charge is 0.493 e. The second-order valence-electron chi connectivity index (χ2n) is 4.55. The predicted molar refractivity (Wildman–Crippen MR) is 80.4 cm³/mol. The lowest BCUT2D eigenvalue weighted by Crippen LogP contribution is -2.07. The number of carbonyl (C=O) groups is 1. The van der Waals surface area contributed by atoms with Gasteiger partial charge in [-0.05, 0) is 25.5 Å². The standard InChI is InChI=1S/C16H18O6/c1-3-20-15(17)5-4-8-21-14-9-11-6-7-16(18)22-12(11)10-13(14)19-2/h6-7,9-10H,3-5,8H2,1-2H3. The number of hydrogen-bond acceptors (Lipinski definition) is 6. The van der Waals surface area contributed by atoms with Crippen molar-refractivity contribution >= 4 is 16.9 Å². The fraction of sp³-hybridized carbons (Fsp3) is 0.375. The van der Waals surface area contributed by atoms with E-state index < -0.39 is 5.63 Å². The second-order valence-corrected chi connectivity index (χ2v) is 4.55. The van der Waals surface area contributed by atoms with Crippen LogP contribution in [0, 0.1) is 0 Å². The van der Waals surface area contributed by atoms with Crippen LogP contribution in [0.3, 0.4) is 0 Å². The summed E-state index contributed by atoms with van der Waals surface area (Å²) in [5, 5.41) is 0.737. The highest BCUT2D eigenvalue weighted by molar-refractivity contribution is 5.80. The Morgan fingerprint density at radius 3 is 2.77 bits per heavy atom. The van der Waals surface area contributed by atoms with Gasteiger partial charge in [-0.15, -0.1) is 0 Å². The number of esters is 1. The molecule has 0 spiro atoms. The first-order valence-corrected chi connectivity index (χ1v) is 7.04. The highest BCUT2D eigenvalue weighted by atomic mass is 16.5. The van der Waals surface area contributed by atoms with Crippen LogP contribution in [0.5, 0.6) is 11.5 Å². The van der Waals surface area contributed by atoms with E-state index in [1.807, 2.05) is 0 Å². The molecule has 0 N–H and O–H groups in total. The Balaban J connectivity index is 2.05. The van der Waals surface area contributed by atoms with Crippen molar-refractivity contribution in [3.8, 4) is 11.5 Å². The number of methoxy groups -OCH3 is 1. The van der Waals surface area contributed by atoms with Crippen molar-refractivity contribution < 1.29 is 23.4 Å². The maximum absolute atomic E-state index is 11.2. The molecule has 1 aromatic carbocycles. The third kappa shape index (κ3) is 4.00. The molecule has 0 bridgehead atoms. The van der Waals surface area contributed by atoms with Gasteiger partial charge >= 0.3 is 11.6 Å². The average molecular weight is 306 g/mol. The lowest BCUT2D eigenvalue weighted by atomic mass is 10.2. The summed E-state index contributed by atoms with van der Waals surface area (Å²) in [6, 6.07) is 6.35. The summed E-state index contributed by atoms with van der Waals surface area (Å²) in [7, 11) is 1.51. The van der Waals surface area contributed by atoms with Gasteiger partial charge in [0.15, 0.2) is 11.5 Å². The van der Waals surface area contributed by atoms with Gasteiger partial charge in [0.05, 0.1) is 20.3 Å². The van der Waals surface area contributed by atoms with Crippen LogP contribution in [-0.4, -0.2) is 26.3 Å². The molecule has 0 aliphatic rings. The van der Waals surface area contributed by atoms with E-state index in [9.17, 15) is 9.59 Å². The van der Waals surface area contributed by atoms with Crippen LogP contribution in [0.4, 0.5) is 0 Å². The van der Waals surface area contributed by atoms with Crippen LogP contribution in [-0.2, 0) is 9.53 Å². The molecule has 0 atom stereocenters. The molecule has 0 unspecified atom stereocenters. The molecular formula is C16H18O6. The quantitative estimate of drug-likeness (QED) is 0.444. The molecular weight excluding hydrogens is 288 g/mol. The molecule has 0 fully saturated rings. The molecule has 22 heavy (non-hydrogen) atoms. The SMILES string of the molecule is CCOC(=O)CCCOc1cc2ccc(=O)oc2cc1OC. The van der Waals surface area contributed by atoms with E-state index in [1.165, 1.54) is 13.2 Å². The minimum atomic E-state index is -0.419. The summed E-state index contributed by atoms with van der Waals surface area (Å²) in [5.41, 5.74) is 0.0147. The minimum Gasteiger partial charge on any atom is -0.493 e. The van der Waals surface area contributed by atoms with Crippen molar-refractivity contribution in [3.63, 3.8) is 0 Å². The van der Waals surface area contributed by atoms with Crippen molar-refractivity contribution in [2.45, 2.75) is 19.8 Å². The van der Waals surface area contributed by atoms with E-state index in [0.29, 0.717) is 43.1 Å². The maximum atomic E-state index is 11.2. The molecule has 6 nitrogen and oxygen atoms in total. The Labute approximate surface area is 127 Å². The second kappa shape index (κ2) is 7.49. The summed E-state index contributed by atoms with van der Waals surface area (Å²) in [6.45, 7) is 2.51. The van der Waals surface area contributed by atoms with Gasteiger partial charge in [-0.2, -0.15) is 0 Å². The number of carbonyl (C=O) groups excluding carboxylic acids is 1. The van der Waals surface area contributed by atoms with Gasteiger partial charge in [-0.3, -0.25) is 4.79 Å². The molecule has 118 valence electrons. The van der Waals surface area contributed by atoms with E-state index in [4.69, 9.17) is 18.6 Å². The molecule has 0 amide bonds. The molecule has 6 heteroatoms. The Hall–Kier alpha value is -2.50. The summed E-state index contributed by atoms with van der Waals surface area (Å²) in [5.74, 6) is 0.768. The Bertz CT molecular complexity index is 703. The smallest absolute Gasteiger partial charge is 0.336 e. The normalized spacial score (nSPS) is 10.5. The van der Waals surface area contributed by atoms with Crippen LogP contribution in [0.1, 0.15) is 19.8 Å². The van der Waals surface area contributed by atoms with Crippen LogP contribution < -0.4 is 15.1 Å². The lowest BCUT2D eigenvalue weighted by Gasteiger charge is -2.11. The fourth-order valence-corrected chi connectivity index (χ4v) is 1.98. The topological polar surface area (TPSA) is 75.0 Å². The predicted octanol–water partition coefficient (Wildman–Crippen LogP) is 2.52. The van der Waals surface area contributed by atoms with E-state index in [1.54, 1.807) is 25.1 Å². The molecule has 0 radical (unpaired) electrons. The van der Waals surface area contributed by atoms with Gasteiger partial charge in [-0.25, -0.2) is 4.79 Å². The van der Waals surface area contributed by atoms with E-state index >= 15 is 0 Å². The van der Waals surface area contributed by atoms with Gasteiger partial charge in [0.1, 0.15) is 5.58 Å². The number of hydrogen-bond donors (Lipinski definition) is 0. The van der Waals surface area contributed by atoms with Crippen LogP contribution >= 0.6 is 0 Å². The number of rotatable bonds is 7. The van der Waals surface area contributed by atoms with Crippen molar-refractivity contribution in [2.24, 2.45) is 0 Å². The van der Waals surface area contributed by atoms with E-state index in [-0.39, 0.29) is 5.97 Å². The Morgan fingerprint density at radius 2 is 2.05 bits per heavy atom. The first-order valence-electron chi connectivity index (χ1n) is 7.04. The zero-order valence-corrected chi connectivity index (χ0v) is 12.6. The molecule has 0 saturated carbocycles. The van der Waals surface area contributed by atoms with Crippen molar-refractivity contribution in [3.05, 3.63) is 34.7 Å². The van der Waals surface area contributed by atoms with Gasteiger partial charge in [0.25, 0.3) is 0 Å². The highest BCUT2D eigenvalue weighted by Crippen LogP contribution is 2.31. The summed E-state index contributed by atoms with van der Waals surface area (Å²) in [4.78, 5) is 22.5. The van der Waals surface area contributed by atoms with E-state index in [0.717, 1.165) is 5.39 Å². The molecule has 0 saturated heterocycles. The maximum Gasteiger partial charge on any atom is 0.336 e. The van der Waals surface area contributed by atoms with Crippen LogP contribution in [0.2, 0.25) is 0 Å². The van der Waals surface area contributed by atoms with Gasteiger partial charge < -0.3 is 18.6 Å². The molecule has 0 aliphatic heterocycles. The van der Waals surface area contributed by atoms with Gasteiger partial charge in [-0.1, -0.05) is 0 Å².